The summed E-state index contributed by atoms with van der Waals surface area (Å²) in [5.41, 5.74) is 0. The second-order valence-corrected chi connectivity index (χ2v) is 5.67. The van der Waals surface area contributed by atoms with Crippen molar-refractivity contribution in [1.29, 1.82) is 0 Å². The van der Waals surface area contributed by atoms with Crippen LogP contribution in [0.15, 0.2) is 0 Å². The van der Waals surface area contributed by atoms with Gasteiger partial charge in [0.05, 0.1) is 0 Å². The molecule has 0 fully saturated rings. The Morgan fingerprint density at radius 1 is 0.722 bits per heavy atom. The van der Waals surface area contributed by atoms with Crippen molar-refractivity contribution in [2.45, 2.75) is 97.3 Å². The van der Waals surface area contributed by atoms with Gasteiger partial charge in [-0.25, -0.2) is 0 Å². The Kier molecular flexibility index (Phi) is 14.5. The maximum atomic E-state index is 10.7. The molecule has 0 aliphatic carbocycles. The molecule has 0 spiro atoms. The van der Waals surface area contributed by atoms with E-state index in [9.17, 15) is 4.79 Å². The summed E-state index contributed by atoms with van der Waals surface area (Å²) in [4.78, 5) is 10.7. The molecule has 1 unspecified atom stereocenters. The second kappa shape index (κ2) is 14.7. The lowest BCUT2D eigenvalue weighted by Gasteiger charge is -2.13. The van der Waals surface area contributed by atoms with E-state index in [4.69, 9.17) is 0 Å². The van der Waals surface area contributed by atoms with Gasteiger partial charge in [-0.05, 0) is 5.92 Å². The minimum Gasteiger partial charge on any atom is -0.303 e. The molecular formula is C17H34O. The van der Waals surface area contributed by atoms with E-state index in [0.29, 0.717) is 5.92 Å². The van der Waals surface area contributed by atoms with Crippen molar-refractivity contribution in [3.05, 3.63) is 0 Å². The summed E-state index contributed by atoms with van der Waals surface area (Å²) in [7, 11) is 0. The summed E-state index contributed by atoms with van der Waals surface area (Å²) < 4.78 is 0. The molecule has 1 atom stereocenters. The average molecular weight is 254 g/mol. The summed E-state index contributed by atoms with van der Waals surface area (Å²) in [5, 5.41) is 0. The summed E-state index contributed by atoms with van der Waals surface area (Å²) in [6.45, 7) is 4.51. The molecule has 1 nitrogen and oxygen atoms in total. The minimum absolute atomic E-state index is 0.671. The average Bonchev–Trinajstić information content (AvgIpc) is 2.38. The van der Waals surface area contributed by atoms with E-state index in [0.717, 1.165) is 12.7 Å². The van der Waals surface area contributed by atoms with Gasteiger partial charge in [-0.1, -0.05) is 90.9 Å². The van der Waals surface area contributed by atoms with E-state index in [1.54, 1.807) is 0 Å². The topological polar surface area (TPSA) is 17.1 Å². The number of hydrogen-bond acceptors (Lipinski definition) is 1. The van der Waals surface area contributed by atoms with Gasteiger partial charge in [-0.2, -0.15) is 0 Å². The molecule has 0 N–H and O–H groups in total. The van der Waals surface area contributed by atoms with E-state index in [1.165, 1.54) is 77.0 Å². The smallest absolute Gasteiger partial charge is 0.120 e. The highest BCUT2D eigenvalue weighted by molar-refractivity contribution is 5.49. The molecule has 0 radical (unpaired) electrons. The molecule has 0 aliphatic rings. The Morgan fingerprint density at radius 3 is 1.72 bits per heavy atom. The van der Waals surface area contributed by atoms with Gasteiger partial charge < -0.3 is 4.79 Å². The standard InChI is InChI=1S/C17H34O/c1-3-5-7-8-9-10-12-14-17(15-16-18)13-11-6-4-2/h16-17H,3-15H2,1-2H3. The normalized spacial score (nSPS) is 12.6. The maximum absolute atomic E-state index is 10.7. The van der Waals surface area contributed by atoms with Gasteiger partial charge in [0.1, 0.15) is 6.29 Å². The lowest BCUT2D eigenvalue weighted by Crippen LogP contribution is -2.01. The predicted molar refractivity (Wildman–Crippen MR) is 80.9 cm³/mol. The summed E-state index contributed by atoms with van der Waals surface area (Å²) in [5.74, 6) is 0.671. The van der Waals surface area contributed by atoms with Crippen LogP contribution in [0.3, 0.4) is 0 Å². The van der Waals surface area contributed by atoms with Crippen molar-refractivity contribution >= 4 is 6.29 Å². The monoisotopic (exact) mass is 254 g/mol. The first-order valence-corrected chi connectivity index (χ1v) is 8.28. The molecule has 0 aromatic heterocycles. The van der Waals surface area contributed by atoms with Gasteiger partial charge in [-0.15, -0.1) is 0 Å². The van der Waals surface area contributed by atoms with Crippen LogP contribution in [0.1, 0.15) is 97.3 Å². The van der Waals surface area contributed by atoms with E-state index in [-0.39, 0.29) is 0 Å². The van der Waals surface area contributed by atoms with Crippen molar-refractivity contribution in [3.63, 3.8) is 0 Å². The lowest BCUT2D eigenvalue weighted by molar-refractivity contribution is -0.108. The number of carbonyl (C=O) groups excluding carboxylic acids is 1. The van der Waals surface area contributed by atoms with Crippen LogP contribution in [0.25, 0.3) is 0 Å². The number of aldehydes is 1. The fraction of sp³-hybridized carbons (Fsp3) is 0.941. The van der Waals surface area contributed by atoms with Gasteiger partial charge >= 0.3 is 0 Å². The van der Waals surface area contributed by atoms with E-state index in [1.807, 2.05) is 0 Å². The quantitative estimate of drug-likeness (QED) is 0.278. The first kappa shape index (κ1) is 17.7. The molecule has 0 rings (SSSR count). The third kappa shape index (κ3) is 12.1. The molecule has 0 aromatic rings. The van der Waals surface area contributed by atoms with Crippen LogP contribution in [0.5, 0.6) is 0 Å². The van der Waals surface area contributed by atoms with Crippen LogP contribution in [-0.2, 0) is 4.79 Å². The Balaban J connectivity index is 3.42. The van der Waals surface area contributed by atoms with Gasteiger partial charge in [0.15, 0.2) is 0 Å². The molecule has 0 aliphatic heterocycles. The van der Waals surface area contributed by atoms with Gasteiger partial charge in [0, 0.05) is 6.42 Å². The van der Waals surface area contributed by atoms with Gasteiger partial charge in [-0.3, -0.25) is 0 Å². The van der Waals surface area contributed by atoms with Crippen LogP contribution >= 0.6 is 0 Å². The SMILES string of the molecule is CCCCCCCCCC(CC=O)CCCCC. The maximum Gasteiger partial charge on any atom is 0.120 e. The van der Waals surface area contributed by atoms with Crippen LogP contribution in [0, 0.1) is 5.92 Å². The summed E-state index contributed by atoms with van der Waals surface area (Å²) in [6.07, 6.45) is 18.0. The fourth-order valence-electron chi connectivity index (χ4n) is 2.59. The van der Waals surface area contributed by atoms with E-state index < -0.39 is 0 Å². The molecule has 0 aromatic carbocycles. The Labute approximate surface area is 115 Å². The highest BCUT2D eigenvalue weighted by Crippen LogP contribution is 2.20. The second-order valence-electron chi connectivity index (χ2n) is 5.67. The molecule has 1 heteroatoms. The lowest BCUT2D eigenvalue weighted by atomic mass is 9.92. The Bertz CT molecular complexity index is 165. The van der Waals surface area contributed by atoms with Crippen LogP contribution in [-0.4, -0.2) is 6.29 Å². The molecule has 0 heterocycles. The number of rotatable bonds is 14. The van der Waals surface area contributed by atoms with Crippen molar-refractivity contribution in [2.75, 3.05) is 0 Å². The van der Waals surface area contributed by atoms with Gasteiger partial charge in [0.2, 0.25) is 0 Å². The molecule has 108 valence electrons. The third-order valence-corrected chi connectivity index (χ3v) is 3.86. The number of carbonyl (C=O) groups is 1. The first-order valence-electron chi connectivity index (χ1n) is 8.28. The molecule has 0 saturated heterocycles. The summed E-state index contributed by atoms with van der Waals surface area (Å²) in [6, 6.07) is 0. The zero-order valence-corrected chi connectivity index (χ0v) is 12.8. The van der Waals surface area contributed by atoms with Gasteiger partial charge in [0.25, 0.3) is 0 Å². The van der Waals surface area contributed by atoms with E-state index >= 15 is 0 Å². The van der Waals surface area contributed by atoms with Crippen molar-refractivity contribution in [2.24, 2.45) is 5.92 Å². The molecule has 0 saturated carbocycles. The van der Waals surface area contributed by atoms with Crippen LogP contribution in [0.4, 0.5) is 0 Å². The first-order chi connectivity index (χ1) is 8.85. The van der Waals surface area contributed by atoms with E-state index in [2.05, 4.69) is 13.8 Å². The summed E-state index contributed by atoms with van der Waals surface area (Å²) >= 11 is 0. The number of unbranched alkanes of at least 4 members (excludes halogenated alkanes) is 8. The Hall–Kier alpha value is -0.330. The highest BCUT2D eigenvalue weighted by atomic mass is 16.1. The zero-order chi connectivity index (χ0) is 13.5. The fourth-order valence-corrected chi connectivity index (χ4v) is 2.59. The Morgan fingerprint density at radius 2 is 1.17 bits per heavy atom. The molecule has 18 heavy (non-hydrogen) atoms. The molecule has 0 amide bonds. The van der Waals surface area contributed by atoms with Crippen LogP contribution < -0.4 is 0 Å². The zero-order valence-electron chi connectivity index (χ0n) is 12.8. The van der Waals surface area contributed by atoms with Crippen molar-refractivity contribution in [1.82, 2.24) is 0 Å². The van der Waals surface area contributed by atoms with Crippen molar-refractivity contribution in [3.8, 4) is 0 Å². The van der Waals surface area contributed by atoms with Crippen molar-refractivity contribution < 1.29 is 4.79 Å². The third-order valence-electron chi connectivity index (χ3n) is 3.86. The largest absolute Gasteiger partial charge is 0.303 e. The van der Waals surface area contributed by atoms with Crippen LogP contribution in [0.2, 0.25) is 0 Å². The number of hydrogen-bond donors (Lipinski definition) is 0. The highest BCUT2D eigenvalue weighted by Gasteiger charge is 2.07. The predicted octanol–water partition coefficient (Wildman–Crippen LogP) is 5.91. The molecule has 0 bridgehead atoms. The molecular weight excluding hydrogens is 220 g/mol. The minimum atomic E-state index is 0.671.